The van der Waals surface area contributed by atoms with Crippen molar-refractivity contribution in [1.82, 2.24) is 0 Å². The topological polar surface area (TPSA) is 56.8 Å². The van der Waals surface area contributed by atoms with E-state index in [0.717, 1.165) is 33.9 Å². The van der Waals surface area contributed by atoms with Gasteiger partial charge in [-0.2, -0.15) is 0 Å². The van der Waals surface area contributed by atoms with E-state index in [1.54, 1.807) is 0 Å². The molecular formula is C18H15NO4. The fourth-order valence-corrected chi connectivity index (χ4v) is 3.82. The summed E-state index contributed by atoms with van der Waals surface area (Å²) >= 11 is 0. The second kappa shape index (κ2) is 4.19. The highest BCUT2D eigenvalue weighted by Gasteiger charge is 2.54. The molecule has 0 bridgehead atoms. The van der Waals surface area contributed by atoms with E-state index in [-0.39, 0.29) is 5.91 Å². The van der Waals surface area contributed by atoms with Crippen molar-refractivity contribution in [3.8, 4) is 17.2 Å². The Labute approximate surface area is 133 Å². The summed E-state index contributed by atoms with van der Waals surface area (Å²) in [5.74, 6) is 2.10. The molecule has 0 radical (unpaired) electrons. The predicted octanol–water partition coefficient (Wildman–Crippen LogP) is 2.40. The molecule has 0 aromatic heterocycles. The summed E-state index contributed by atoms with van der Waals surface area (Å²) in [6, 6.07) is 9.68. The van der Waals surface area contributed by atoms with Crippen LogP contribution in [-0.4, -0.2) is 25.7 Å². The van der Waals surface area contributed by atoms with Crippen molar-refractivity contribution in [3.63, 3.8) is 0 Å². The standard InChI is InChI=1S/C18H15NO4/c1-10-15-12(8-14-16(10)22-7-6-21-14)18(9-23-15)11-4-2-3-5-13(11)19-17(18)20/h2-5,8H,6-7,9H2,1H3,(H,19,20). The highest BCUT2D eigenvalue weighted by atomic mass is 16.6. The van der Waals surface area contributed by atoms with Gasteiger partial charge in [-0.3, -0.25) is 4.79 Å². The van der Waals surface area contributed by atoms with Crippen LogP contribution in [0.15, 0.2) is 30.3 Å². The number of carbonyl (C=O) groups excluding carboxylic acids is 1. The summed E-state index contributed by atoms with van der Waals surface area (Å²) in [4.78, 5) is 12.8. The van der Waals surface area contributed by atoms with Crippen LogP contribution in [0.2, 0.25) is 0 Å². The molecule has 0 fully saturated rings. The average Bonchev–Trinajstić information content (AvgIpc) is 3.09. The minimum atomic E-state index is -0.799. The Hall–Kier alpha value is -2.69. The van der Waals surface area contributed by atoms with Crippen LogP contribution in [0.25, 0.3) is 0 Å². The van der Waals surface area contributed by atoms with Crippen LogP contribution in [0.5, 0.6) is 17.2 Å². The van der Waals surface area contributed by atoms with E-state index in [0.29, 0.717) is 25.6 Å². The summed E-state index contributed by atoms with van der Waals surface area (Å²) in [7, 11) is 0. The molecule has 3 aliphatic rings. The predicted molar refractivity (Wildman–Crippen MR) is 83.5 cm³/mol. The van der Waals surface area contributed by atoms with Crippen LogP contribution in [0, 0.1) is 6.92 Å². The van der Waals surface area contributed by atoms with Gasteiger partial charge in [0.05, 0.1) is 0 Å². The van der Waals surface area contributed by atoms with Gasteiger partial charge in [-0.15, -0.1) is 0 Å². The van der Waals surface area contributed by atoms with Gasteiger partial charge < -0.3 is 19.5 Å². The van der Waals surface area contributed by atoms with Gasteiger partial charge in [-0.05, 0) is 24.6 Å². The zero-order valence-corrected chi connectivity index (χ0v) is 12.6. The fraction of sp³-hybridized carbons (Fsp3) is 0.278. The Morgan fingerprint density at radius 1 is 1.04 bits per heavy atom. The van der Waals surface area contributed by atoms with Crippen LogP contribution in [0.4, 0.5) is 5.69 Å². The van der Waals surface area contributed by atoms with E-state index in [2.05, 4.69) is 5.32 Å². The smallest absolute Gasteiger partial charge is 0.243 e. The number of amides is 1. The van der Waals surface area contributed by atoms with Gasteiger partial charge in [0.2, 0.25) is 5.91 Å². The maximum Gasteiger partial charge on any atom is 0.243 e. The van der Waals surface area contributed by atoms with Crippen LogP contribution < -0.4 is 19.5 Å². The van der Waals surface area contributed by atoms with Crippen molar-refractivity contribution < 1.29 is 19.0 Å². The molecule has 3 aliphatic heterocycles. The number of carbonyl (C=O) groups is 1. The monoisotopic (exact) mass is 309 g/mol. The number of nitrogens with one attached hydrogen (secondary N) is 1. The summed E-state index contributed by atoms with van der Waals surface area (Å²) in [6.07, 6.45) is 0. The first-order chi connectivity index (χ1) is 11.2. The zero-order valence-electron chi connectivity index (χ0n) is 12.6. The second-order valence-electron chi connectivity index (χ2n) is 6.10. The Balaban J connectivity index is 1.80. The highest BCUT2D eigenvalue weighted by Crippen LogP contribution is 2.54. The Bertz CT molecular complexity index is 860. The van der Waals surface area contributed by atoms with Crippen LogP contribution in [0.3, 0.4) is 0 Å². The van der Waals surface area contributed by atoms with Crippen molar-refractivity contribution >= 4 is 11.6 Å². The summed E-state index contributed by atoms with van der Waals surface area (Å²) in [5.41, 5.74) is 2.77. The van der Waals surface area contributed by atoms with Gasteiger partial charge in [-0.25, -0.2) is 0 Å². The van der Waals surface area contributed by atoms with Gasteiger partial charge in [0.25, 0.3) is 0 Å². The van der Waals surface area contributed by atoms with Crippen molar-refractivity contribution in [2.45, 2.75) is 12.3 Å². The normalized spacial score (nSPS) is 23.3. The lowest BCUT2D eigenvalue weighted by atomic mass is 9.76. The van der Waals surface area contributed by atoms with E-state index >= 15 is 0 Å². The third-order valence-corrected chi connectivity index (χ3v) is 4.93. The number of hydrogen-bond donors (Lipinski definition) is 1. The minimum absolute atomic E-state index is 0.0477. The van der Waals surface area contributed by atoms with Gasteiger partial charge in [0, 0.05) is 16.8 Å². The summed E-state index contributed by atoms with van der Waals surface area (Å²) < 4.78 is 17.4. The van der Waals surface area contributed by atoms with E-state index < -0.39 is 5.41 Å². The first kappa shape index (κ1) is 12.8. The Kier molecular flexibility index (Phi) is 2.33. The zero-order chi connectivity index (χ0) is 15.6. The number of hydrogen-bond acceptors (Lipinski definition) is 4. The van der Waals surface area contributed by atoms with Crippen molar-refractivity contribution in [2.24, 2.45) is 0 Å². The quantitative estimate of drug-likeness (QED) is 0.812. The van der Waals surface area contributed by atoms with E-state index in [1.165, 1.54) is 0 Å². The number of ether oxygens (including phenoxy) is 3. The molecule has 0 saturated heterocycles. The molecule has 23 heavy (non-hydrogen) atoms. The molecule has 1 atom stereocenters. The van der Waals surface area contributed by atoms with Crippen LogP contribution >= 0.6 is 0 Å². The lowest BCUT2D eigenvalue weighted by molar-refractivity contribution is -0.119. The second-order valence-corrected chi connectivity index (χ2v) is 6.10. The molecule has 1 unspecified atom stereocenters. The van der Waals surface area contributed by atoms with E-state index in [4.69, 9.17) is 14.2 Å². The van der Waals surface area contributed by atoms with Crippen molar-refractivity contribution in [2.75, 3.05) is 25.1 Å². The molecule has 116 valence electrons. The van der Waals surface area contributed by atoms with Crippen LogP contribution in [0.1, 0.15) is 16.7 Å². The average molecular weight is 309 g/mol. The number of fused-ring (bicyclic) bond motifs is 5. The molecule has 1 N–H and O–H groups in total. The molecule has 0 aliphatic carbocycles. The molecule has 1 spiro atoms. The molecule has 5 nitrogen and oxygen atoms in total. The van der Waals surface area contributed by atoms with E-state index in [9.17, 15) is 4.79 Å². The first-order valence-corrected chi connectivity index (χ1v) is 7.69. The van der Waals surface area contributed by atoms with Crippen LogP contribution in [-0.2, 0) is 10.2 Å². The maximum absolute atomic E-state index is 12.8. The third kappa shape index (κ3) is 1.44. The molecule has 5 heteroatoms. The largest absolute Gasteiger partial charge is 0.491 e. The van der Waals surface area contributed by atoms with Crippen molar-refractivity contribution in [3.05, 3.63) is 47.0 Å². The number of rotatable bonds is 0. The number of benzene rings is 2. The Morgan fingerprint density at radius 2 is 1.87 bits per heavy atom. The summed E-state index contributed by atoms with van der Waals surface area (Å²) in [5, 5.41) is 2.98. The minimum Gasteiger partial charge on any atom is -0.491 e. The maximum atomic E-state index is 12.8. The van der Waals surface area contributed by atoms with Gasteiger partial charge >= 0.3 is 0 Å². The molecule has 5 rings (SSSR count). The lowest BCUT2D eigenvalue weighted by Crippen LogP contribution is -2.37. The highest BCUT2D eigenvalue weighted by molar-refractivity contribution is 6.10. The molecule has 0 saturated carbocycles. The fourth-order valence-electron chi connectivity index (χ4n) is 3.82. The Morgan fingerprint density at radius 3 is 2.78 bits per heavy atom. The lowest BCUT2D eigenvalue weighted by Gasteiger charge is -2.24. The molecular weight excluding hydrogens is 294 g/mol. The molecule has 1 amide bonds. The van der Waals surface area contributed by atoms with E-state index in [1.807, 2.05) is 37.3 Å². The van der Waals surface area contributed by atoms with Gasteiger partial charge in [0.1, 0.15) is 31.0 Å². The SMILES string of the molecule is Cc1c2c(cc3c1OCC31C(=O)Nc3ccccc31)OCCO2. The summed E-state index contributed by atoms with van der Waals surface area (Å²) in [6.45, 7) is 3.29. The third-order valence-electron chi connectivity index (χ3n) is 4.93. The first-order valence-electron chi connectivity index (χ1n) is 7.69. The number of anilines is 1. The van der Waals surface area contributed by atoms with Crippen molar-refractivity contribution in [1.29, 1.82) is 0 Å². The van der Waals surface area contributed by atoms with Gasteiger partial charge in [-0.1, -0.05) is 18.2 Å². The molecule has 2 aromatic rings. The van der Waals surface area contributed by atoms with Gasteiger partial charge in [0.15, 0.2) is 11.5 Å². The number of para-hydroxylation sites is 1. The molecule has 2 aromatic carbocycles. The molecule has 3 heterocycles.